The van der Waals surface area contributed by atoms with Crippen molar-refractivity contribution in [2.45, 2.75) is 75.3 Å². The van der Waals surface area contributed by atoms with Crippen molar-refractivity contribution in [3.05, 3.63) is 82.0 Å². The van der Waals surface area contributed by atoms with Crippen molar-refractivity contribution < 1.29 is 78.9 Å². The summed E-state index contributed by atoms with van der Waals surface area (Å²) in [5, 5.41) is 93.9. The first-order chi connectivity index (χ1) is 25.6. The van der Waals surface area contributed by atoms with Crippen LogP contribution in [0, 0.1) is 6.92 Å². The zero-order valence-electron chi connectivity index (χ0n) is 28.6. The molecule has 2 saturated heterocycles. The number of phenolic OH excluding ortho intramolecular Hbond substituents is 4. The van der Waals surface area contributed by atoms with E-state index in [9.17, 15) is 55.5 Å². The number of esters is 1. The van der Waals surface area contributed by atoms with Gasteiger partial charge in [0.25, 0.3) is 0 Å². The number of aromatic hydroxyl groups is 4. The molecule has 0 saturated carbocycles. The molecule has 2 fully saturated rings. The Morgan fingerprint density at radius 3 is 2.22 bits per heavy atom. The molecule has 2 aliphatic rings. The zero-order valence-corrected chi connectivity index (χ0v) is 28.6. The summed E-state index contributed by atoms with van der Waals surface area (Å²) >= 11 is 0. The van der Waals surface area contributed by atoms with E-state index >= 15 is 0 Å². The number of aliphatic hydroxyl groups excluding tert-OH is 5. The Morgan fingerprint density at radius 1 is 0.796 bits per heavy atom. The molecule has 0 spiro atoms. The smallest absolute Gasteiger partial charge is 0.331 e. The Bertz CT molecular complexity index is 2080. The summed E-state index contributed by atoms with van der Waals surface area (Å²) in [4.78, 5) is 27.0. The van der Waals surface area contributed by atoms with Gasteiger partial charge >= 0.3 is 5.97 Å². The van der Waals surface area contributed by atoms with Crippen LogP contribution < -0.4 is 10.2 Å². The van der Waals surface area contributed by atoms with Crippen LogP contribution in [0.4, 0.5) is 0 Å². The van der Waals surface area contributed by atoms with E-state index in [1.165, 1.54) is 19.1 Å². The van der Waals surface area contributed by atoms with Crippen LogP contribution in [0.2, 0.25) is 0 Å². The lowest BCUT2D eigenvalue weighted by Gasteiger charge is -2.43. The maximum absolute atomic E-state index is 14.0. The van der Waals surface area contributed by atoms with Gasteiger partial charge in [0.2, 0.25) is 17.5 Å². The zero-order chi connectivity index (χ0) is 39.0. The largest absolute Gasteiger partial charge is 0.508 e. The maximum atomic E-state index is 14.0. The van der Waals surface area contributed by atoms with Gasteiger partial charge < -0.3 is 74.1 Å². The lowest BCUT2D eigenvalue weighted by atomic mass is 9.98. The number of carbonyl (C=O) groups is 1. The highest BCUT2D eigenvalue weighted by molar-refractivity contribution is 5.88. The van der Waals surface area contributed by atoms with E-state index in [0.29, 0.717) is 5.56 Å². The lowest BCUT2D eigenvalue weighted by Crippen LogP contribution is -2.62. The topological polar surface area (TPSA) is 276 Å². The number of benzene rings is 3. The van der Waals surface area contributed by atoms with Gasteiger partial charge in [-0.2, -0.15) is 0 Å². The summed E-state index contributed by atoms with van der Waals surface area (Å²) in [6, 6.07) is 12.3. The van der Waals surface area contributed by atoms with Gasteiger partial charge in [0.1, 0.15) is 53.0 Å². The maximum Gasteiger partial charge on any atom is 0.331 e. The van der Waals surface area contributed by atoms with E-state index < -0.39 is 119 Å². The van der Waals surface area contributed by atoms with Crippen molar-refractivity contribution in [1.29, 1.82) is 0 Å². The first kappa shape index (κ1) is 38.5. The number of hydrogen-bond acceptors (Lipinski definition) is 17. The predicted octanol–water partition coefficient (Wildman–Crippen LogP) is 0.886. The number of ether oxygens (including phenoxy) is 5. The SMILES string of the molecule is Cc1ccc(/C=C/C(=O)OC2C(O)C(COC3OC(C)C(O)C(O)C3O)OC(Oc3c(-c4ccc(O)c(O)c4)oc4cc(O)cc(O)c4c3=O)C2O)cc1. The van der Waals surface area contributed by atoms with Crippen LogP contribution in [0.5, 0.6) is 28.7 Å². The van der Waals surface area contributed by atoms with Gasteiger partial charge in [-0.3, -0.25) is 4.79 Å². The number of aliphatic hydroxyl groups is 5. The number of aryl methyl sites for hydroxylation is 1. The van der Waals surface area contributed by atoms with Crippen molar-refractivity contribution in [3.63, 3.8) is 0 Å². The molecule has 0 radical (unpaired) electrons. The lowest BCUT2D eigenvalue weighted by molar-refractivity contribution is -0.319. The van der Waals surface area contributed by atoms with Crippen molar-refractivity contribution >= 4 is 23.0 Å². The number of carbonyl (C=O) groups excluding carboxylic acids is 1. The number of phenols is 4. The van der Waals surface area contributed by atoms with Gasteiger partial charge in [0.15, 0.2) is 35.8 Å². The molecule has 1 aromatic heterocycles. The molecule has 10 atom stereocenters. The molecule has 9 N–H and O–H groups in total. The van der Waals surface area contributed by atoms with Crippen LogP contribution in [-0.4, -0.2) is 120 Å². The van der Waals surface area contributed by atoms with Crippen molar-refractivity contribution in [3.8, 4) is 40.1 Å². The Morgan fingerprint density at radius 2 is 1.52 bits per heavy atom. The Kier molecular flexibility index (Phi) is 11.1. The summed E-state index contributed by atoms with van der Waals surface area (Å²) in [6.07, 6.45) is -14.1. The molecule has 4 aromatic rings. The molecular formula is C37H38O17. The minimum Gasteiger partial charge on any atom is -0.508 e. The summed E-state index contributed by atoms with van der Waals surface area (Å²) in [6.45, 7) is 2.64. The van der Waals surface area contributed by atoms with E-state index in [4.69, 9.17) is 28.1 Å². The monoisotopic (exact) mass is 754 g/mol. The summed E-state index contributed by atoms with van der Waals surface area (Å²) in [7, 11) is 0. The number of fused-ring (bicyclic) bond motifs is 1. The molecule has 10 unspecified atom stereocenters. The second kappa shape index (κ2) is 15.6. The normalized spacial score (nSPS) is 28.6. The predicted molar refractivity (Wildman–Crippen MR) is 184 cm³/mol. The van der Waals surface area contributed by atoms with Crippen LogP contribution in [0.1, 0.15) is 18.1 Å². The third-order valence-electron chi connectivity index (χ3n) is 9.01. The van der Waals surface area contributed by atoms with Gasteiger partial charge in [-0.05, 0) is 43.7 Å². The highest BCUT2D eigenvalue weighted by Crippen LogP contribution is 2.39. The molecule has 0 amide bonds. The quantitative estimate of drug-likeness (QED) is 0.0652. The molecule has 17 nitrogen and oxygen atoms in total. The molecular weight excluding hydrogens is 716 g/mol. The van der Waals surface area contributed by atoms with E-state index in [-0.39, 0.29) is 11.1 Å². The van der Waals surface area contributed by atoms with Crippen molar-refractivity contribution in [2.24, 2.45) is 0 Å². The van der Waals surface area contributed by atoms with Crippen LogP contribution in [-0.2, 0) is 23.7 Å². The van der Waals surface area contributed by atoms with Crippen LogP contribution in [0.25, 0.3) is 28.4 Å². The van der Waals surface area contributed by atoms with Crippen LogP contribution in [0.15, 0.2) is 69.9 Å². The number of hydrogen-bond donors (Lipinski definition) is 9. The van der Waals surface area contributed by atoms with Gasteiger partial charge in [0.05, 0.1) is 12.7 Å². The van der Waals surface area contributed by atoms with Crippen LogP contribution >= 0.6 is 0 Å². The second-order valence-electron chi connectivity index (χ2n) is 12.9. The van der Waals surface area contributed by atoms with Gasteiger partial charge in [-0.25, -0.2) is 4.79 Å². The van der Waals surface area contributed by atoms with E-state index in [2.05, 4.69) is 0 Å². The fourth-order valence-corrected chi connectivity index (χ4v) is 5.98. The fraction of sp³-hybridized carbons (Fsp3) is 0.351. The average molecular weight is 755 g/mol. The standard InChI is InChI=1S/C37H38O17/c1-15-3-5-17(6-4-15)7-10-25(42)53-34-28(44)24(14-49-36-31(47)30(46)27(43)16(2)50-36)52-37(32(34)48)54-35-29(45)26-22(41)12-19(38)13-23(26)51-33(35)18-8-9-20(39)21(40)11-18/h3-13,16,24,27-28,30-32,34,36-41,43-44,46-48H,14H2,1-2H3/b10-7+. The Labute approximate surface area is 305 Å². The Balaban J connectivity index is 1.36. The second-order valence-corrected chi connectivity index (χ2v) is 12.9. The fourth-order valence-electron chi connectivity index (χ4n) is 5.98. The van der Waals surface area contributed by atoms with E-state index in [0.717, 1.165) is 35.9 Å². The molecule has 2 aliphatic heterocycles. The van der Waals surface area contributed by atoms with Gasteiger partial charge in [0, 0.05) is 23.8 Å². The molecule has 54 heavy (non-hydrogen) atoms. The third-order valence-corrected chi connectivity index (χ3v) is 9.01. The van der Waals surface area contributed by atoms with Crippen LogP contribution in [0.3, 0.4) is 0 Å². The van der Waals surface area contributed by atoms with Crippen molar-refractivity contribution in [2.75, 3.05) is 6.61 Å². The third kappa shape index (κ3) is 7.84. The minimum absolute atomic E-state index is 0.0603. The minimum atomic E-state index is -2.04. The molecule has 6 rings (SSSR count). The average Bonchev–Trinajstić information content (AvgIpc) is 3.13. The van der Waals surface area contributed by atoms with Gasteiger partial charge in [-0.1, -0.05) is 29.8 Å². The molecule has 3 aromatic carbocycles. The summed E-state index contributed by atoms with van der Waals surface area (Å²) < 4.78 is 34.1. The molecule has 0 bridgehead atoms. The first-order valence-corrected chi connectivity index (χ1v) is 16.6. The molecule has 0 aliphatic carbocycles. The summed E-state index contributed by atoms with van der Waals surface area (Å²) in [5.74, 6) is -4.50. The number of rotatable bonds is 9. The molecule has 3 heterocycles. The van der Waals surface area contributed by atoms with E-state index in [1.54, 1.807) is 12.1 Å². The molecule has 17 heteroatoms. The first-order valence-electron chi connectivity index (χ1n) is 16.6. The summed E-state index contributed by atoms with van der Waals surface area (Å²) in [5.41, 5.74) is 0.181. The Hall–Kier alpha value is -5.24. The van der Waals surface area contributed by atoms with E-state index in [1.807, 2.05) is 19.1 Å². The van der Waals surface area contributed by atoms with Gasteiger partial charge in [-0.15, -0.1) is 0 Å². The van der Waals surface area contributed by atoms with Crippen molar-refractivity contribution in [1.82, 2.24) is 0 Å². The highest BCUT2D eigenvalue weighted by Gasteiger charge is 2.50. The highest BCUT2D eigenvalue weighted by atomic mass is 16.7. The molecule has 288 valence electrons.